The summed E-state index contributed by atoms with van der Waals surface area (Å²) in [5, 5.41) is 7.07. The van der Waals surface area contributed by atoms with E-state index in [1.54, 1.807) is 4.90 Å². The van der Waals surface area contributed by atoms with E-state index in [0.29, 0.717) is 31.6 Å². The quantitative estimate of drug-likeness (QED) is 0.925. The second kappa shape index (κ2) is 7.29. The van der Waals surface area contributed by atoms with Gasteiger partial charge in [-0.3, -0.25) is 0 Å². The minimum atomic E-state index is -0.289. The van der Waals surface area contributed by atoms with Crippen LogP contribution < -0.4 is 5.32 Å². The number of morpholine rings is 1. The number of amides is 2. The van der Waals surface area contributed by atoms with Gasteiger partial charge >= 0.3 is 6.03 Å². The van der Waals surface area contributed by atoms with Crippen molar-refractivity contribution in [1.29, 1.82) is 0 Å². The third-order valence-electron chi connectivity index (χ3n) is 4.77. The van der Waals surface area contributed by atoms with Gasteiger partial charge < -0.3 is 19.5 Å². The first-order valence-electron chi connectivity index (χ1n) is 8.63. The van der Waals surface area contributed by atoms with Gasteiger partial charge in [0.2, 0.25) is 5.89 Å². The smallest absolute Gasteiger partial charge is 0.318 e. The van der Waals surface area contributed by atoms with E-state index < -0.39 is 0 Å². The molecule has 0 bridgehead atoms. The molecule has 1 aromatic rings. The molecule has 1 saturated carbocycles. The minimum absolute atomic E-state index is 0.0800. The largest absolute Gasteiger partial charge is 0.377 e. The number of urea groups is 1. The Morgan fingerprint density at radius 3 is 2.87 bits per heavy atom. The topological polar surface area (TPSA) is 80.5 Å². The number of ether oxygens (including phenoxy) is 1. The Morgan fingerprint density at radius 2 is 2.13 bits per heavy atom. The van der Waals surface area contributed by atoms with Crippen LogP contribution in [0.15, 0.2) is 4.52 Å². The van der Waals surface area contributed by atoms with Crippen molar-refractivity contribution >= 4 is 6.03 Å². The summed E-state index contributed by atoms with van der Waals surface area (Å²) in [5.41, 5.74) is 0. The van der Waals surface area contributed by atoms with Gasteiger partial charge in [-0.15, -0.1) is 0 Å². The fraction of sp³-hybridized carbons (Fsp3) is 0.812. The second-order valence-electron chi connectivity index (χ2n) is 6.61. The van der Waals surface area contributed by atoms with Gasteiger partial charge in [-0.2, -0.15) is 4.98 Å². The summed E-state index contributed by atoms with van der Waals surface area (Å²) in [7, 11) is 0. The molecule has 0 radical (unpaired) electrons. The summed E-state index contributed by atoms with van der Waals surface area (Å²) >= 11 is 0. The van der Waals surface area contributed by atoms with E-state index in [-0.39, 0.29) is 18.1 Å². The van der Waals surface area contributed by atoms with Crippen LogP contribution in [-0.2, 0) is 4.74 Å². The van der Waals surface area contributed by atoms with E-state index in [2.05, 4.69) is 15.5 Å². The summed E-state index contributed by atoms with van der Waals surface area (Å²) in [6.45, 7) is 5.63. The van der Waals surface area contributed by atoms with Crippen LogP contribution in [0.5, 0.6) is 0 Å². The maximum atomic E-state index is 12.4. The maximum Gasteiger partial charge on any atom is 0.318 e. The Balaban J connectivity index is 1.58. The number of aromatic nitrogens is 2. The lowest BCUT2D eigenvalue weighted by atomic mass is 9.89. The van der Waals surface area contributed by atoms with Crippen LogP contribution in [0.4, 0.5) is 4.79 Å². The number of carbonyl (C=O) groups excluding carboxylic acids is 1. The molecule has 2 amide bonds. The zero-order valence-corrected chi connectivity index (χ0v) is 14.0. The number of rotatable bonds is 3. The molecule has 0 unspecified atom stereocenters. The van der Waals surface area contributed by atoms with Crippen LogP contribution in [0.1, 0.15) is 69.6 Å². The van der Waals surface area contributed by atoms with Crippen molar-refractivity contribution in [3.8, 4) is 0 Å². The summed E-state index contributed by atoms with van der Waals surface area (Å²) in [6, 6.07) is -0.315. The van der Waals surface area contributed by atoms with Gasteiger partial charge in [0.25, 0.3) is 0 Å². The van der Waals surface area contributed by atoms with E-state index in [1.807, 2.05) is 13.8 Å². The monoisotopic (exact) mass is 322 g/mol. The van der Waals surface area contributed by atoms with Gasteiger partial charge in [0.1, 0.15) is 6.04 Å². The number of nitrogens with zero attached hydrogens (tertiary/aromatic N) is 3. The summed E-state index contributed by atoms with van der Waals surface area (Å²) in [6.07, 6.45) is 6.02. The molecular weight excluding hydrogens is 296 g/mol. The predicted molar refractivity (Wildman–Crippen MR) is 84.1 cm³/mol. The Labute approximate surface area is 136 Å². The third kappa shape index (κ3) is 3.83. The fourth-order valence-corrected chi connectivity index (χ4v) is 3.31. The molecule has 3 rings (SSSR count). The highest BCUT2D eigenvalue weighted by Crippen LogP contribution is 2.31. The van der Waals surface area contributed by atoms with Gasteiger partial charge in [-0.1, -0.05) is 24.4 Å². The number of nitrogens with one attached hydrogen (secondary N) is 1. The molecule has 2 heterocycles. The van der Waals surface area contributed by atoms with E-state index >= 15 is 0 Å². The lowest BCUT2D eigenvalue weighted by Crippen LogP contribution is -2.51. The van der Waals surface area contributed by atoms with Crippen molar-refractivity contribution < 1.29 is 14.1 Å². The molecule has 1 aromatic heterocycles. The fourth-order valence-electron chi connectivity index (χ4n) is 3.31. The molecule has 0 spiro atoms. The van der Waals surface area contributed by atoms with Crippen molar-refractivity contribution in [1.82, 2.24) is 20.4 Å². The Morgan fingerprint density at radius 1 is 1.35 bits per heavy atom. The lowest BCUT2D eigenvalue weighted by molar-refractivity contribution is 0.0183. The first-order valence-corrected chi connectivity index (χ1v) is 8.63. The van der Waals surface area contributed by atoms with Crippen molar-refractivity contribution in [2.24, 2.45) is 0 Å². The normalized spacial score (nSPS) is 24.4. The van der Waals surface area contributed by atoms with E-state index in [4.69, 9.17) is 9.26 Å². The van der Waals surface area contributed by atoms with Crippen LogP contribution >= 0.6 is 0 Å². The SMILES string of the molecule is C[C@@H](NC(=O)N1CCOC[C@@H]1C)c1nc(C2CCCCC2)no1. The molecule has 1 saturated heterocycles. The molecule has 7 heteroatoms. The van der Waals surface area contributed by atoms with Crippen LogP contribution in [-0.4, -0.2) is 46.9 Å². The molecule has 128 valence electrons. The minimum Gasteiger partial charge on any atom is -0.377 e. The molecule has 1 aliphatic carbocycles. The van der Waals surface area contributed by atoms with Crippen LogP contribution in [0.25, 0.3) is 0 Å². The highest BCUT2D eigenvalue weighted by atomic mass is 16.5. The first kappa shape index (κ1) is 16.2. The van der Waals surface area contributed by atoms with Gasteiger partial charge in [0.05, 0.1) is 19.3 Å². The number of hydrogen-bond acceptors (Lipinski definition) is 5. The zero-order chi connectivity index (χ0) is 16.2. The molecule has 7 nitrogen and oxygen atoms in total. The third-order valence-corrected chi connectivity index (χ3v) is 4.77. The van der Waals surface area contributed by atoms with Crippen molar-refractivity contribution in [2.45, 2.75) is 64.0 Å². The van der Waals surface area contributed by atoms with Crippen molar-refractivity contribution in [3.63, 3.8) is 0 Å². The zero-order valence-electron chi connectivity index (χ0n) is 14.0. The second-order valence-corrected chi connectivity index (χ2v) is 6.61. The van der Waals surface area contributed by atoms with Crippen LogP contribution in [0.3, 0.4) is 0 Å². The summed E-state index contributed by atoms with van der Waals surface area (Å²) in [5.74, 6) is 1.68. The maximum absolute atomic E-state index is 12.4. The molecule has 2 aliphatic rings. The molecule has 2 fully saturated rings. The van der Waals surface area contributed by atoms with Crippen LogP contribution in [0.2, 0.25) is 0 Å². The van der Waals surface area contributed by atoms with Gasteiger partial charge in [-0.25, -0.2) is 4.79 Å². The van der Waals surface area contributed by atoms with Crippen molar-refractivity contribution in [2.75, 3.05) is 19.8 Å². The highest BCUT2D eigenvalue weighted by molar-refractivity contribution is 5.75. The Kier molecular flexibility index (Phi) is 5.15. The first-order chi connectivity index (χ1) is 11.1. The van der Waals surface area contributed by atoms with Gasteiger partial charge in [0.15, 0.2) is 5.82 Å². The highest BCUT2D eigenvalue weighted by Gasteiger charge is 2.27. The van der Waals surface area contributed by atoms with E-state index in [9.17, 15) is 4.79 Å². The Hall–Kier alpha value is -1.63. The number of carbonyl (C=O) groups is 1. The van der Waals surface area contributed by atoms with Gasteiger partial charge in [-0.05, 0) is 26.7 Å². The molecule has 1 aliphatic heterocycles. The van der Waals surface area contributed by atoms with Crippen LogP contribution in [0, 0.1) is 0 Å². The lowest BCUT2D eigenvalue weighted by Gasteiger charge is -2.33. The standard InChI is InChI=1S/C16H26N4O3/c1-11-10-22-9-8-20(11)16(21)17-12(2)15-18-14(19-23-15)13-6-4-3-5-7-13/h11-13H,3-10H2,1-2H3,(H,17,21)/t11-,12+/m0/s1. The molecule has 2 atom stereocenters. The summed E-state index contributed by atoms with van der Waals surface area (Å²) in [4.78, 5) is 18.7. The molecule has 1 N–H and O–H groups in total. The molecular formula is C16H26N4O3. The predicted octanol–water partition coefficient (Wildman–Crippen LogP) is 2.61. The van der Waals surface area contributed by atoms with Gasteiger partial charge in [0, 0.05) is 12.5 Å². The van der Waals surface area contributed by atoms with E-state index in [0.717, 1.165) is 18.7 Å². The average molecular weight is 322 g/mol. The molecule has 0 aromatic carbocycles. The van der Waals surface area contributed by atoms with Crippen molar-refractivity contribution in [3.05, 3.63) is 11.7 Å². The van der Waals surface area contributed by atoms with E-state index in [1.165, 1.54) is 19.3 Å². The molecule has 23 heavy (non-hydrogen) atoms. The number of hydrogen-bond donors (Lipinski definition) is 1. The Bertz CT molecular complexity index is 527. The summed E-state index contributed by atoms with van der Waals surface area (Å²) < 4.78 is 10.7. The average Bonchev–Trinajstić information content (AvgIpc) is 3.06.